The van der Waals surface area contributed by atoms with Gasteiger partial charge in [0.05, 0.1) is 0 Å². The van der Waals surface area contributed by atoms with Gasteiger partial charge in [-0.15, -0.1) is 0 Å². The maximum atomic E-state index is 11.8. The first-order valence-corrected chi connectivity index (χ1v) is 7.98. The van der Waals surface area contributed by atoms with Crippen LogP contribution in [0, 0.1) is 5.92 Å². The number of ether oxygens (including phenoxy) is 2. The second kappa shape index (κ2) is 6.49. The standard InChI is InChI=1S/C14H17NO4.W/c1-9(18-2)7-10-5-3-4-6-11(8-10)12-13(16)15-14(17)19-12;/h7,11-12H,1,3-6H2,2H3,(H,15,16,17);/b10-7-;. The summed E-state index contributed by atoms with van der Waals surface area (Å²) >= 11 is 1.29. The molecule has 1 N–H and O–H groups in total. The first-order valence-electron chi connectivity index (χ1n) is 6.52. The third-order valence-corrected chi connectivity index (χ3v) is 5.57. The summed E-state index contributed by atoms with van der Waals surface area (Å²) in [5, 5.41) is 2.21. The molecular formula is C14H17NO4W. The minimum atomic E-state index is -0.688. The fourth-order valence-electron chi connectivity index (χ4n) is 2.49. The molecule has 0 bridgehead atoms. The van der Waals surface area contributed by atoms with E-state index in [-0.39, 0.29) is 11.8 Å². The number of allylic oxidation sites excluding steroid dienone is 2. The fourth-order valence-corrected chi connectivity index (χ4v) is 3.94. The van der Waals surface area contributed by atoms with Crippen LogP contribution >= 0.6 is 0 Å². The predicted octanol–water partition coefficient (Wildman–Crippen LogP) is 1.62. The van der Waals surface area contributed by atoms with Gasteiger partial charge < -0.3 is 0 Å². The zero-order valence-corrected chi connectivity index (χ0v) is 14.2. The van der Waals surface area contributed by atoms with Gasteiger partial charge in [0.25, 0.3) is 0 Å². The van der Waals surface area contributed by atoms with E-state index in [2.05, 4.69) is 11.9 Å². The van der Waals surface area contributed by atoms with Crippen LogP contribution in [0.4, 0.5) is 4.79 Å². The van der Waals surface area contributed by atoms with Gasteiger partial charge in [0.15, 0.2) is 0 Å². The van der Waals surface area contributed by atoms with Gasteiger partial charge in [0, 0.05) is 0 Å². The van der Waals surface area contributed by atoms with Crippen molar-refractivity contribution in [1.82, 2.24) is 5.32 Å². The Balaban J connectivity index is 2.22. The molecule has 1 saturated heterocycles. The molecule has 2 fully saturated rings. The number of nitrogens with one attached hydrogen (secondary N) is 1. The summed E-state index contributed by atoms with van der Waals surface area (Å²) in [7, 11) is 1.59. The summed E-state index contributed by atoms with van der Waals surface area (Å²) in [6.07, 6.45) is 4.47. The van der Waals surface area contributed by atoms with E-state index in [1.54, 1.807) is 7.11 Å². The number of alkyl carbamates (subject to hydrolysis) is 1. The normalized spacial score (nSPS) is 28.9. The number of imide groups is 1. The number of carbonyl (C=O) groups excluding carboxylic acids is 2. The molecule has 0 aromatic heterocycles. The minimum absolute atomic E-state index is 0.0325. The Morgan fingerprint density at radius 1 is 1.50 bits per heavy atom. The first-order chi connectivity index (χ1) is 9.52. The molecule has 2 rings (SSSR count). The van der Waals surface area contributed by atoms with Crippen molar-refractivity contribution in [2.24, 2.45) is 5.92 Å². The average molecular weight is 447 g/mol. The number of methoxy groups -OCH3 is 1. The Hall–Kier alpha value is -1.22. The molecule has 5 nitrogen and oxygen atoms in total. The molecule has 2 aliphatic rings. The third-order valence-electron chi connectivity index (χ3n) is 3.55. The molecular weight excluding hydrogens is 430 g/mol. The summed E-state index contributed by atoms with van der Waals surface area (Å²) in [4.78, 5) is 23.0. The van der Waals surface area contributed by atoms with Crippen molar-refractivity contribution >= 4 is 15.9 Å². The van der Waals surface area contributed by atoms with Crippen molar-refractivity contribution in [3.63, 3.8) is 0 Å². The van der Waals surface area contributed by atoms with Crippen molar-refractivity contribution < 1.29 is 38.4 Å². The number of hydrogen-bond donors (Lipinski definition) is 1. The third kappa shape index (κ3) is 3.26. The van der Waals surface area contributed by atoms with Crippen LogP contribution in [0.15, 0.2) is 24.0 Å². The predicted molar refractivity (Wildman–Crippen MR) is 69.6 cm³/mol. The monoisotopic (exact) mass is 447 g/mol. The Kier molecular flexibility index (Phi) is 4.92. The van der Waals surface area contributed by atoms with E-state index >= 15 is 0 Å². The number of carbonyl (C=O) groups is 2. The van der Waals surface area contributed by atoms with Crippen molar-refractivity contribution in [2.75, 3.05) is 7.11 Å². The summed E-state index contributed by atoms with van der Waals surface area (Å²) < 4.78 is 11.4. The summed E-state index contributed by atoms with van der Waals surface area (Å²) in [5.41, 5.74) is 1.16. The van der Waals surface area contributed by atoms with E-state index in [4.69, 9.17) is 9.47 Å². The summed E-state index contributed by atoms with van der Waals surface area (Å²) in [6, 6.07) is 0. The quantitative estimate of drug-likeness (QED) is 0.528. The zero-order valence-electron chi connectivity index (χ0n) is 11.3. The van der Waals surface area contributed by atoms with E-state index in [9.17, 15) is 9.59 Å². The molecule has 0 spiro atoms. The van der Waals surface area contributed by atoms with Crippen LogP contribution in [-0.2, 0) is 33.6 Å². The number of rotatable bonds is 3. The molecule has 1 aliphatic carbocycles. The van der Waals surface area contributed by atoms with Crippen molar-refractivity contribution in [3.05, 3.63) is 24.0 Å². The molecule has 2 unspecified atom stereocenters. The topological polar surface area (TPSA) is 64.6 Å². The molecule has 0 aromatic carbocycles. The molecule has 2 atom stereocenters. The molecule has 1 heterocycles. The van der Waals surface area contributed by atoms with Crippen molar-refractivity contribution in [3.8, 4) is 0 Å². The second-order valence-corrected chi connectivity index (χ2v) is 6.45. The average Bonchev–Trinajstić information content (AvgIpc) is 2.64. The van der Waals surface area contributed by atoms with Crippen molar-refractivity contribution in [2.45, 2.75) is 31.8 Å². The van der Waals surface area contributed by atoms with Crippen LogP contribution in [0.1, 0.15) is 25.7 Å². The van der Waals surface area contributed by atoms with Gasteiger partial charge in [-0.05, 0) is 0 Å². The Morgan fingerprint density at radius 3 is 2.85 bits per heavy atom. The van der Waals surface area contributed by atoms with Gasteiger partial charge in [0.2, 0.25) is 0 Å². The van der Waals surface area contributed by atoms with Crippen molar-refractivity contribution in [1.29, 1.82) is 0 Å². The van der Waals surface area contributed by atoms with Gasteiger partial charge in [-0.1, -0.05) is 0 Å². The van der Waals surface area contributed by atoms with Gasteiger partial charge in [-0.2, -0.15) is 0 Å². The van der Waals surface area contributed by atoms with Crippen LogP contribution < -0.4 is 5.32 Å². The SMILES string of the molecule is C=C(/C=C1/CCCCC(C2OC(=O)NC2=O)[C]1=[W])OC. The maximum absolute atomic E-state index is 11.8. The van der Waals surface area contributed by atoms with E-state index in [0.29, 0.717) is 5.76 Å². The molecule has 1 aliphatic heterocycles. The van der Waals surface area contributed by atoms with E-state index < -0.39 is 12.2 Å². The van der Waals surface area contributed by atoms with E-state index in [0.717, 1.165) is 35.2 Å². The molecule has 20 heavy (non-hydrogen) atoms. The Morgan fingerprint density at radius 2 is 2.25 bits per heavy atom. The molecule has 2 amide bonds. The fraction of sp³-hybridized carbons (Fsp3) is 0.500. The van der Waals surface area contributed by atoms with Gasteiger partial charge >= 0.3 is 128 Å². The van der Waals surface area contributed by atoms with Gasteiger partial charge in [-0.25, -0.2) is 0 Å². The zero-order chi connectivity index (χ0) is 14.7. The van der Waals surface area contributed by atoms with E-state index in [1.807, 2.05) is 6.08 Å². The number of cyclic esters (lactones) is 1. The van der Waals surface area contributed by atoms with Crippen LogP contribution in [-0.4, -0.2) is 29.1 Å². The van der Waals surface area contributed by atoms with Crippen LogP contribution in [0.2, 0.25) is 0 Å². The Bertz CT molecular complexity index is 497. The van der Waals surface area contributed by atoms with E-state index in [1.165, 1.54) is 19.4 Å². The molecule has 6 heteroatoms. The van der Waals surface area contributed by atoms with Gasteiger partial charge in [0.1, 0.15) is 0 Å². The van der Waals surface area contributed by atoms with Crippen LogP contribution in [0.3, 0.4) is 0 Å². The second-order valence-electron chi connectivity index (χ2n) is 4.87. The number of amides is 2. The number of hydrogen-bond acceptors (Lipinski definition) is 4. The molecule has 0 radical (unpaired) electrons. The molecule has 0 aromatic rings. The molecule has 1 saturated carbocycles. The van der Waals surface area contributed by atoms with Gasteiger partial charge in [-0.3, -0.25) is 0 Å². The Labute approximate surface area is 128 Å². The van der Waals surface area contributed by atoms with Crippen LogP contribution in [0.5, 0.6) is 0 Å². The summed E-state index contributed by atoms with van der Waals surface area (Å²) in [6.45, 7) is 3.81. The van der Waals surface area contributed by atoms with Crippen LogP contribution in [0.25, 0.3) is 0 Å². The summed E-state index contributed by atoms with van der Waals surface area (Å²) in [5.74, 6) is 0.243. The first kappa shape index (κ1) is 15.2. The molecule has 108 valence electrons.